The molecular formula is C12H27NO. The summed E-state index contributed by atoms with van der Waals surface area (Å²) in [7, 11) is 1.93. The monoisotopic (exact) mass is 201 g/mol. The highest BCUT2D eigenvalue weighted by atomic mass is 16.1. The average Bonchev–Trinajstić information content (AvgIpc) is 2.24. The minimum absolute atomic E-state index is 0.756. The molecule has 0 aliphatic heterocycles. The van der Waals surface area contributed by atoms with Gasteiger partial charge in [-0.05, 0) is 20.0 Å². The SMILES string of the molecule is CCCCCCCCC=O.CCNC. The molecule has 0 unspecified atom stereocenters. The minimum Gasteiger partial charge on any atom is -0.320 e. The Kier molecular flexibility index (Phi) is 21.2. The third kappa shape index (κ3) is 22.6. The van der Waals surface area contributed by atoms with E-state index in [0.717, 1.165) is 25.7 Å². The third-order valence-corrected chi connectivity index (χ3v) is 2.03. The Morgan fingerprint density at radius 1 is 1.00 bits per heavy atom. The van der Waals surface area contributed by atoms with Crippen molar-refractivity contribution >= 4 is 6.29 Å². The quantitative estimate of drug-likeness (QED) is 0.483. The summed E-state index contributed by atoms with van der Waals surface area (Å²) in [6.45, 7) is 5.35. The van der Waals surface area contributed by atoms with Crippen LogP contribution in [0, 0.1) is 0 Å². The van der Waals surface area contributed by atoms with Gasteiger partial charge in [0.1, 0.15) is 6.29 Å². The lowest BCUT2D eigenvalue weighted by Gasteiger charge is -1.95. The molecule has 0 aliphatic carbocycles. The van der Waals surface area contributed by atoms with Gasteiger partial charge in [-0.1, -0.05) is 46.0 Å². The van der Waals surface area contributed by atoms with E-state index < -0.39 is 0 Å². The fourth-order valence-corrected chi connectivity index (χ4v) is 1.01. The van der Waals surface area contributed by atoms with Crippen LogP contribution in [0.4, 0.5) is 0 Å². The normalized spacial score (nSPS) is 9.07. The highest BCUT2D eigenvalue weighted by molar-refractivity contribution is 5.48. The van der Waals surface area contributed by atoms with Gasteiger partial charge in [0.2, 0.25) is 0 Å². The Labute approximate surface area is 89.5 Å². The fourth-order valence-electron chi connectivity index (χ4n) is 1.01. The second-order valence-electron chi connectivity index (χ2n) is 3.43. The topological polar surface area (TPSA) is 29.1 Å². The molecule has 0 heterocycles. The first kappa shape index (κ1) is 16.1. The van der Waals surface area contributed by atoms with Gasteiger partial charge >= 0.3 is 0 Å². The van der Waals surface area contributed by atoms with Gasteiger partial charge in [0, 0.05) is 6.42 Å². The third-order valence-electron chi connectivity index (χ3n) is 2.03. The summed E-state index contributed by atoms with van der Waals surface area (Å²) < 4.78 is 0. The molecule has 0 bridgehead atoms. The molecule has 0 aromatic carbocycles. The van der Waals surface area contributed by atoms with Crippen molar-refractivity contribution in [3.05, 3.63) is 0 Å². The van der Waals surface area contributed by atoms with Crippen LogP contribution < -0.4 is 5.32 Å². The minimum atomic E-state index is 0.756. The molecule has 0 radical (unpaired) electrons. The lowest BCUT2D eigenvalue weighted by Crippen LogP contribution is -2.01. The molecule has 0 saturated heterocycles. The number of nitrogens with one attached hydrogen (secondary N) is 1. The molecule has 14 heavy (non-hydrogen) atoms. The van der Waals surface area contributed by atoms with Crippen molar-refractivity contribution in [2.45, 2.75) is 58.8 Å². The van der Waals surface area contributed by atoms with E-state index >= 15 is 0 Å². The molecule has 1 N–H and O–H groups in total. The lowest BCUT2D eigenvalue weighted by atomic mass is 10.1. The van der Waals surface area contributed by atoms with Gasteiger partial charge in [-0.15, -0.1) is 0 Å². The van der Waals surface area contributed by atoms with Crippen LogP contribution in [0.25, 0.3) is 0 Å². The smallest absolute Gasteiger partial charge is 0.119 e. The zero-order chi connectivity index (χ0) is 11.1. The molecule has 0 atom stereocenters. The summed E-state index contributed by atoms with van der Waals surface area (Å²) in [6, 6.07) is 0. The second-order valence-corrected chi connectivity index (χ2v) is 3.43. The number of carbonyl (C=O) groups is 1. The Morgan fingerprint density at radius 3 is 1.93 bits per heavy atom. The van der Waals surface area contributed by atoms with Gasteiger partial charge in [0.25, 0.3) is 0 Å². The van der Waals surface area contributed by atoms with Crippen LogP contribution in [0.3, 0.4) is 0 Å². The molecule has 2 nitrogen and oxygen atoms in total. The van der Waals surface area contributed by atoms with Crippen molar-refractivity contribution in [2.75, 3.05) is 13.6 Å². The summed E-state index contributed by atoms with van der Waals surface area (Å²) in [4.78, 5) is 9.89. The van der Waals surface area contributed by atoms with Crippen LogP contribution in [0.2, 0.25) is 0 Å². The maximum atomic E-state index is 9.89. The lowest BCUT2D eigenvalue weighted by molar-refractivity contribution is -0.107. The number of carbonyl (C=O) groups excluding carboxylic acids is 1. The molecule has 0 aliphatic rings. The van der Waals surface area contributed by atoms with Crippen molar-refractivity contribution in [1.29, 1.82) is 0 Å². The number of unbranched alkanes of at least 4 members (excludes halogenated alkanes) is 6. The second kappa shape index (κ2) is 18.4. The molecular weight excluding hydrogens is 174 g/mol. The van der Waals surface area contributed by atoms with Gasteiger partial charge in [0.05, 0.1) is 0 Å². The molecule has 0 aromatic rings. The average molecular weight is 201 g/mol. The van der Waals surface area contributed by atoms with Crippen molar-refractivity contribution < 1.29 is 4.79 Å². The maximum absolute atomic E-state index is 9.89. The van der Waals surface area contributed by atoms with E-state index in [0.29, 0.717) is 0 Å². The number of aldehydes is 1. The van der Waals surface area contributed by atoms with Crippen LogP contribution in [0.5, 0.6) is 0 Å². The molecule has 2 heteroatoms. The zero-order valence-electron chi connectivity index (χ0n) is 10.1. The van der Waals surface area contributed by atoms with Crippen LogP contribution in [-0.2, 0) is 4.79 Å². The molecule has 0 saturated carbocycles. The van der Waals surface area contributed by atoms with Crippen LogP contribution >= 0.6 is 0 Å². The first-order chi connectivity index (χ1) is 6.83. The summed E-state index contributed by atoms with van der Waals surface area (Å²) in [5, 5.41) is 2.93. The van der Waals surface area contributed by atoms with Gasteiger partial charge < -0.3 is 10.1 Å². The van der Waals surface area contributed by atoms with Crippen molar-refractivity contribution in [2.24, 2.45) is 0 Å². The predicted molar refractivity (Wildman–Crippen MR) is 63.7 cm³/mol. The van der Waals surface area contributed by atoms with Gasteiger partial charge in [-0.25, -0.2) is 0 Å². The van der Waals surface area contributed by atoms with Crippen LogP contribution in [0.1, 0.15) is 58.8 Å². The molecule has 0 spiro atoms. The molecule has 0 fully saturated rings. The zero-order valence-corrected chi connectivity index (χ0v) is 10.1. The maximum Gasteiger partial charge on any atom is 0.119 e. The summed E-state index contributed by atoms with van der Waals surface area (Å²) in [6.07, 6.45) is 9.39. The van der Waals surface area contributed by atoms with Gasteiger partial charge in [0.15, 0.2) is 0 Å². The Morgan fingerprint density at radius 2 is 1.50 bits per heavy atom. The first-order valence-corrected chi connectivity index (χ1v) is 5.91. The van der Waals surface area contributed by atoms with E-state index in [4.69, 9.17) is 0 Å². The predicted octanol–water partition coefficient (Wildman–Crippen LogP) is 3.16. The Bertz CT molecular complexity index is 92.3. The van der Waals surface area contributed by atoms with E-state index in [1.807, 2.05) is 7.05 Å². The van der Waals surface area contributed by atoms with Crippen molar-refractivity contribution in [3.63, 3.8) is 0 Å². The Balaban J connectivity index is 0. The van der Waals surface area contributed by atoms with Crippen molar-refractivity contribution in [3.8, 4) is 0 Å². The Hall–Kier alpha value is -0.370. The van der Waals surface area contributed by atoms with Crippen molar-refractivity contribution in [1.82, 2.24) is 5.32 Å². The van der Waals surface area contributed by atoms with E-state index in [-0.39, 0.29) is 0 Å². The first-order valence-electron chi connectivity index (χ1n) is 5.91. The number of rotatable bonds is 8. The summed E-state index contributed by atoms with van der Waals surface area (Å²) >= 11 is 0. The van der Waals surface area contributed by atoms with E-state index in [2.05, 4.69) is 19.2 Å². The molecule has 86 valence electrons. The molecule has 0 aromatic heterocycles. The van der Waals surface area contributed by atoms with E-state index in [1.54, 1.807) is 0 Å². The summed E-state index contributed by atoms with van der Waals surface area (Å²) in [5.74, 6) is 0. The molecule has 0 amide bonds. The van der Waals surface area contributed by atoms with Gasteiger partial charge in [-0.3, -0.25) is 0 Å². The van der Waals surface area contributed by atoms with E-state index in [1.165, 1.54) is 32.1 Å². The van der Waals surface area contributed by atoms with Gasteiger partial charge in [-0.2, -0.15) is 0 Å². The number of hydrogen-bond acceptors (Lipinski definition) is 2. The fraction of sp³-hybridized carbons (Fsp3) is 0.917. The highest BCUT2D eigenvalue weighted by Gasteiger charge is 1.87. The van der Waals surface area contributed by atoms with E-state index in [9.17, 15) is 4.79 Å². The highest BCUT2D eigenvalue weighted by Crippen LogP contribution is 2.05. The number of hydrogen-bond donors (Lipinski definition) is 1. The largest absolute Gasteiger partial charge is 0.320 e. The van der Waals surface area contributed by atoms with Crippen LogP contribution in [0.15, 0.2) is 0 Å². The summed E-state index contributed by atoms with van der Waals surface area (Å²) in [5.41, 5.74) is 0. The molecule has 0 rings (SSSR count). The van der Waals surface area contributed by atoms with Crippen LogP contribution in [-0.4, -0.2) is 19.9 Å². The standard InChI is InChI=1S/C9H18O.C3H9N/c1-2-3-4-5-6-7-8-9-10;1-3-4-2/h9H,2-8H2,1H3;4H,3H2,1-2H3.